The number of carbonyl (C=O) groups excluding carboxylic acids is 1. The lowest BCUT2D eigenvalue weighted by molar-refractivity contribution is 0.102. The van der Waals surface area contributed by atoms with E-state index in [1.807, 2.05) is 0 Å². The maximum absolute atomic E-state index is 13.2. The Bertz CT molecular complexity index is 1360. The quantitative estimate of drug-likeness (QED) is 0.258. The monoisotopic (exact) mass is 477 g/mol. The minimum atomic E-state index is -0.520. The second kappa shape index (κ2) is 10.4. The van der Waals surface area contributed by atoms with Crippen molar-refractivity contribution in [3.8, 4) is 34.8 Å². The van der Waals surface area contributed by atoms with Crippen LogP contribution in [0.5, 0.6) is 17.2 Å². The molecule has 0 saturated heterocycles. The molecule has 2 heterocycles. The van der Waals surface area contributed by atoms with Gasteiger partial charge in [0.1, 0.15) is 17.2 Å². The van der Waals surface area contributed by atoms with Crippen LogP contribution in [-0.2, 0) is 0 Å². The van der Waals surface area contributed by atoms with Gasteiger partial charge in [-0.15, -0.1) is 11.7 Å². The van der Waals surface area contributed by atoms with E-state index >= 15 is 0 Å². The van der Waals surface area contributed by atoms with Gasteiger partial charge in [0.2, 0.25) is 5.89 Å². The first-order chi connectivity index (χ1) is 16.6. The van der Waals surface area contributed by atoms with E-state index < -0.39 is 11.0 Å². The first-order valence-electron chi connectivity index (χ1n) is 9.88. The molecule has 0 atom stereocenters. The molecule has 0 saturated carbocycles. The molecule has 4 rings (SSSR count). The molecule has 11 heteroatoms. The van der Waals surface area contributed by atoms with Crippen molar-refractivity contribution >= 4 is 22.4 Å². The Balaban J connectivity index is 1.58. The van der Waals surface area contributed by atoms with Gasteiger partial charge in [-0.3, -0.25) is 10.1 Å². The molecule has 1 amide bonds. The van der Waals surface area contributed by atoms with Gasteiger partial charge in [-0.2, -0.15) is 9.65 Å². The summed E-state index contributed by atoms with van der Waals surface area (Å²) in [6.07, 6.45) is 3.41. The van der Waals surface area contributed by atoms with Crippen LogP contribution in [0.25, 0.3) is 11.5 Å². The van der Waals surface area contributed by atoms with E-state index in [0.717, 1.165) is 6.20 Å². The summed E-state index contributed by atoms with van der Waals surface area (Å²) in [7, 11) is 0. The maximum Gasteiger partial charge on any atom is 0.321 e. The van der Waals surface area contributed by atoms with Crippen LogP contribution in [-0.4, -0.2) is 27.7 Å². The molecule has 0 radical (unpaired) electrons. The van der Waals surface area contributed by atoms with Crippen LogP contribution in [0.4, 0.5) is 9.52 Å². The number of thiazole rings is 1. The van der Waals surface area contributed by atoms with Crippen LogP contribution in [0.3, 0.4) is 0 Å². The standard InChI is InChI=1S/C23H16FN5O4S/c1-2-3-10-31-16-8-9-17(21(30)27-23-26-13-19(24)34-23)18(11-16)32-15-6-4-14(5-7-15)22-29-28-20(12-25)33-22/h2,4-9,11,13H,1,3,10H2,(H,26,27,30). The predicted octanol–water partition coefficient (Wildman–Crippen LogP) is 5.20. The number of hydrogen-bond donors (Lipinski definition) is 1. The van der Waals surface area contributed by atoms with Crippen molar-refractivity contribution < 1.29 is 23.1 Å². The molecule has 4 aromatic rings. The molecule has 0 bridgehead atoms. The largest absolute Gasteiger partial charge is 0.493 e. The van der Waals surface area contributed by atoms with Gasteiger partial charge in [-0.05, 0) is 42.8 Å². The Morgan fingerprint density at radius 3 is 2.71 bits per heavy atom. The summed E-state index contributed by atoms with van der Waals surface area (Å²) in [6.45, 7) is 4.07. The van der Waals surface area contributed by atoms with E-state index in [9.17, 15) is 9.18 Å². The number of aromatic nitrogens is 3. The number of nitriles is 1. The highest BCUT2D eigenvalue weighted by atomic mass is 32.1. The lowest BCUT2D eigenvalue weighted by Crippen LogP contribution is -2.13. The molecule has 9 nitrogen and oxygen atoms in total. The average Bonchev–Trinajstić information content (AvgIpc) is 3.49. The van der Waals surface area contributed by atoms with Crippen LogP contribution >= 0.6 is 11.3 Å². The molecule has 0 aliphatic rings. The van der Waals surface area contributed by atoms with E-state index in [1.54, 1.807) is 54.6 Å². The van der Waals surface area contributed by atoms with Crippen LogP contribution in [0.1, 0.15) is 22.7 Å². The molecule has 34 heavy (non-hydrogen) atoms. The van der Waals surface area contributed by atoms with E-state index in [0.29, 0.717) is 41.4 Å². The summed E-state index contributed by atoms with van der Waals surface area (Å²) in [5, 5.41) is 18.4. The van der Waals surface area contributed by atoms with Crippen LogP contribution in [0.15, 0.2) is 65.7 Å². The number of halogens is 1. The second-order valence-corrected chi connectivity index (χ2v) is 7.64. The third-order valence-corrected chi connectivity index (χ3v) is 5.04. The zero-order valence-corrected chi connectivity index (χ0v) is 18.3. The van der Waals surface area contributed by atoms with Gasteiger partial charge >= 0.3 is 5.89 Å². The molecule has 0 fully saturated rings. The lowest BCUT2D eigenvalue weighted by atomic mass is 10.1. The van der Waals surface area contributed by atoms with Crippen LogP contribution in [0, 0.1) is 16.5 Å². The molecule has 0 unspecified atom stereocenters. The molecular formula is C23H16FN5O4S. The summed E-state index contributed by atoms with van der Waals surface area (Å²) in [6, 6.07) is 13.2. The van der Waals surface area contributed by atoms with Gasteiger partial charge in [0.25, 0.3) is 5.91 Å². The average molecular weight is 477 g/mol. The molecule has 2 aromatic carbocycles. The van der Waals surface area contributed by atoms with Crippen molar-refractivity contribution in [2.75, 3.05) is 11.9 Å². The fraction of sp³-hybridized carbons (Fsp3) is 0.0870. The number of ether oxygens (including phenoxy) is 2. The summed E-state index contributed by atoms with van der Waals surface area (Å²) in [5.74, 6) is 0.675. The minimum absolute atomic E-state index is 0.125. The minimum Gasteiger partial charge on any atom is -0.493 e. The second-order valence-electron chi connectivity index (χ2n) is 6.66. The van der Waals surface area contributed by atoms with E-state index in [2.05, 4.69) is 27.1 Å². The van der Waals surface area contributed by atoms with E-state index in [-0.39, 0.29) is 28.2 Å². The summed E-state index contributed by atoms with van der Waals surface area (Å²) >= 11 is 0.715. The Hall–Kier alpha value is -4.56. The fourth-order valence-corrected chi connectivity index (χ4v) is 3.32. The number of nitrogens with one attached hydrogen (secondary N) is 1. The van der Waals surface area contributed by atoms with Crippen molar-refractivity contribution in [3.05, 3.63) is 77.9 Å². The third kappa shape index (κ3) is 5.43. The highest BCUT2D eigenvalue weighted by Gasteiger charge is 2.17. The number of benzene rings is 2. The molecule has 1 N–H and O–H groups in total. The third-order valence-electron chi connectivity index (χ3n) is 4.34. The first-order valence-corrected chi connectivity index (χ1v) is 10.7. The Labute approximate surface area is 197 Å². The number of anilines is 1. The Morgan fingerprint density at radius 2 is 2.03 bits per heavy atom. The molecule has 2 aromatic heterocycles. The molecule has 0 aliphatic heterocycles. The zero-order chi connectivity index (χ0) is 23.9. The summed E-state index contributed by atoms with van der Waals surface area (Å²) in [5.41, 5.74) is 0.790. The van der Waals surface area contributed by atoms with Gasteiger partial charge < -0.3 is 13.9 Å². The Kier molecular flexibility index (Phi) is 6.90. The van der Waals surface area contributed by atoms with E-state index in [4.69, 9.17) is 19.2 Å². The summed E-state index contributed by atoms with van der Waals surface area (Å²) < 4.78 is 30.1. The first kappa shape index (κ1) is 22.6. The van der Waals surface area contributed by atoms with Gasteiger partial charge in [0.05, 0.1) is 18.4 Å². The van der Waals surface area contributed by atoms with Crippen LogP contribution in [0.2, 0.25) is 0 Å². The van der Waals surface area contributed by atoms with Crippen molar-refractivity contribution in [2.45, 2.75) is 6.42 Å². The van der Waals surface area contributed by atoms with Gasteiger partial charge in [-0.25, -0.2) is 4.98 Å². The van der Waals surface area contributed by atoms with Crippen LogP contribution < -0.4 is 14.8 Å². The number of carbonyl (C=O) groups is 1. The molecule has 170 valence electrons. The van der Waals surface area contributed by atoms with E-state index in [1.165, 1.54) is 0 Å². The normalized spacial score (nSPS) is 10.4. The fourth-order valence-electron chi connectivity index (χ4n) is 2.78. The number of amides is 1. The van der Waals surface area contributed by atoms with Crippen molar-refractivity contribution in [1.82, 2.24) is 15.2 Å². The maximum atomic E-state index is 13.2. The van der Waals surface area contributed by atoms with Crippen molar-refractivity contribution in [2.24, 2.45) is 0 Å². The highest BCUT2D eigenvalue weighted by molar-refractivity contribution is 7.14. The number of rotatable bonds is 9. The van der Waals surface area contributed by atoms with Gasteiger partial charge in [0, 0.05) is 11.6 Å². The molecular weight excluding hydrogens is 461 g/mol. The number of hydrogen-bond acceptors (Lipinski definition) is 9. The van der Waals surface area contributed by atoms with Gasteiger partial charge in [0.15, 0.2) is 16.3 Å². The topological polar surface area (TPSA) is 123 Å². The van der Waals surface area contributed by atoms with Crippen molar-refractivity contribution in [3.63, 3.8) is 0 Å². The van der Waals surface area contributed by atoms with Gasteiger partial charge in [-0.1, -0.05) is 22.5 Å². The number of nitrogens with zero attached hydrogens (tertiary/aromatic N) is 4. The smallest absolute Gasteiger partial charge is 0.321 e. The highest BCUT2D eigenvalue weighted by Crippen LogP contribution is 2.32. The predicted molar refractivity (Wildman–Crippen MR) is 121 cm³/mol. The molecule has 0 aliphatic carbocycles. The SMILES string of the molecule is C=CCCOc1ccc(C(=O)Nc2ncc(F)s2)c(Oc2ccc(-c3nnc(C#N)o3)cc2)c1. The summed E-state index contributed by atoms with van der Waals surface area (Å²) in [4.78, 5) is 16.6. The Morgan fingerprint density at radius 1 is 1.24 bits per heavy atom. The lowest BCUT2D eigenvalue weighted by Gasteiger charge is -2.13. The van der Waals surface area contributed by atoms with Crippen molar-refractivity contribution in [1.29, 1.82) is 5.26 Å². The molecule has 0 spiro atoms. The zero-order valence-electron chi connectivity index (χ0n) is 17.5.